The first-order chi connectivity index (χ1) is 3.27. The minimum atomic E-state index is 0. The summed E-state index contributed by atoms with van der Waals surface area (Å²) in [5.74, 6) is 0. The topological polar surface area (TPSA) is 26.0 Å². The molecule has 0 unspecified atom stereocenters. The zero-order valence-electron chi connectivity index (χ0n) is 5.31. The molecule has 0 saturated heterocycles. The van der Waals surface area contributed by atoms with Gasteiger partial charge in [-0.15, -0.1) is 12.4 Å². The molecule has 1 fully saturated rings. The van der Waals surface area contributed by atoms with Crippen LogP contribution in [0.5, 0.6) is 0 Å². The fraction of sp³-hybridized carbons (Fsp3) is 1.00. The minimum absolute atomic E-state index is 0. The Hall–Kier alpha value is 0.250. The van der Waals surface area contributed by atoms with Gasteiger partial charge in [0, 0.05) is 5.54 Å². The monoisotopic (exact) mass is 135 g/mol. The zero-order chi connectivity index (χ0) is 5.33. The van der Waals surface area contributed by atoms with Gasteiger partial charge in [-0.2, -0.15) is 0 Å². The highest BCUT2D eigenvalue weighted by Crippen LogP contribution is 2.36. The molecule has 1 nitrogen and oxygen atoms in total. The fourth-order valence-corrected chi connectivity index (χ4v) is 0.908. The Bertz CT molecular complexity index is 68.9. The molecule has 0 heterocycles. The molecule has 0 amide bonds. The van der Waals surface area contributed by atoms with E-state index < -0.39 is 0 Å². The van der Waals surface area contributed by atoms with Gasteiger partial charge in [-0.1, -0.05) is 13.3 Å². The molecule has 1 saturated carbocycles. The molecule has 2 N–H and O–H groups in total. The molecule has 0 atom stereocenters. The lowest BCUT2D eigenvalue weighted by Crippen LogP contribution is -2.20. The number of hydrogen-bond acceptors (Lipinski definition) is 1. The van der Waals surface area contributed by atoms with Gasteiger partial charge in [0.1, 0.15) is 0 Å². The van der Waals surface area contributed by atoms with Crippen LogP contribution in [0.3, 0.4) is 0 Å². The summed E-state index contributed by atoms with van der Waals surface area (Å²) >= 11 is 0. The average Bonchev–Trinajstić information content (AvgIpc) is 2.22. The average molecular weight is 136 g/mol. The van der Waals surface area contributed by atoms with Crippen molar-refractivity contribution in [2.75, 3.05) is 0 Å². The summed E-state index contributed by atoms with van der Waals surface area (Å²) in [5.41, 5.74) is 6.06. The lowest BCUT2D eigenvalue weighted by molar-refractivity contribution is 0.598. The summed E-state index contributed by atoms with van der Waals surface area (Å²) < 4.78 is 0. The second-order valence-electron chi connectivity index (χ2n) is 2.61. The predicted octanol–water partition coefficient (Wildman–Crippen LogP) is 1.70. The van der Waals surface area contributed by atoms with Gasteiger partial charge < -0.3 is 5.73 Å². The fourth-order valence-electron chi connectivity index (χ4n) is 0.908. The highest BCUT2D eigenvalue weighted by Gasteiger charge is 2.36. The van der Waals surface area contributed by atoms with Crippen molar-refractivity contribution in [2.45, 2.75) is 38.1 Å². The molecule has 0 radical (unpaired) electrons. The summed E-state index contributed by atoms with van der Waals surface area (Å²) in [6.45, 7) is 2.19. The van der Waals surface area contributed by atoms with Crippen molar-refractivity contribution in [3.63, 3.8) is 0 Å². The van der Waals surface area contributed by atoms with Crippen molar-refractivity contribution in [1.82, 2.24) is 0 Å². The molecule has 0 aromatic heterocycles. The minimum Gasteiger partial charge on any atom is -0.325 e. The van der Waals surface area contributed by atoms with Crippen LogP contribution in [-0.4, -0.2) is 5.54 Å². The molecule has 1 aliphatic rings. The molecule has 0 aliphatic heterocycles. The van der Waals surface area contributed by atoms with Crippen molar-refractivity contribution in [3.8, 4) is 0 Å². The number of rotatable bonds is 2. The lowest BCUT2D eigenvalue weighted by Gasteiger charge is -2.02. The highest BCUT2D eigenvalue weighted by molar-refractivity contribution is 5.85. The second kappa shape index (κ2) is 2.70. The van der Waals surface area contributed by atoms with E-state index in [1.165, 1.54) is 25.7 Å². The quantitative estimate of drug-likeness (QED) is 0.613. The SMILES string of the molecule is CCCC1(N)CC1.Cl. The van der Waals surface area contributed by atoms with E-state index in [1.807, 2.05) is 0 Å². The van der Waals surface area contributed by atoms with Gasteiger partial charge >= 0.3 is 0 Å². The molecular formula is C6H14ClN. The van der Waals surface area contributed by atoms with Gasteiger partial charge in [-0.3, -0.25) is 0 Å². The van der Waals surface area contributed by atoms with Crippen LogP contribution in [0.25, 0.3) is 0 Å². The van der Waals surface area contributed by atoms with Crippen LogP contribution in [-0.2, 0) is 0 Å². The number of nitrogens with two attached hydrogens (primary N) is 1. The molecule has 0 spiro atoms. The van der Waals surface area contributed by atoms with Gasteiger partial charge in [0.25, 0.3) is 0 Å². The van der Waals surface area contributed by atoms with E-state index in [2.05, 4.69) is 6.92 Å². The summed E-state index contributed by atoms with van der Waals surface area (Å²) in [5, 5.41) is 0. The first-order valence-electron chi connectivity index (χ1n) is 3.06. The normalized spacial score (nSPS) is 21.8. The molecule has 1 aliphatic carbocycles. The van der Waals surface area contributed by atoms with Crippen molar-refractivity contribution >= 4 is 12.4 Å². The van der Waals surface area contributed by atoms with Gasteiger partial charge in [-0.25, -0.2) is 0 Å². The van der Waals surface area contributed by atoms with Gasteiger partial charge in [0.2, 0.25) is 0 Å². The van der Waals surface area contributed by atoms with Crippen LogP contribution in [0.2, 0.25) is 0 Å². The van der Waals surface area contributed by atoms with Crippen molar-refractivity contribution in [3.05, 3.63) is 0 Å². The molecule has 2 heteroatoms. The van der Waals surface area contributed by atoms with E-state index in [9.17, 15) is 0 Å². The van der Waals surface area contributed by atoms with Crippen LogP contribution in [0.4, 0.5) is 0 Å². The molecule has 0 bridgehead atoms. The summed E-state index contributed by atoms with van der Waals surface area (Å²) in [4.78, 5) is 0. The molecular weight excluding hydrogens is 122 g/mol. The van der Waals surface area contributed by atoms with Crippen molar-refractivity contribution in [1.29, 1.82) is 0 Å². The number of hydrogen-bond donors (Lipinski definition) is 1. The second-order valence-corrected chi connectivity index (χ2v) is 2.61. The molecule has 50 valence electrons. The summed E-state index contributed by atoms with van der Waals surface area (Å²) in [6.07, 6.45) is 5.01. The number of halogens is 1. The van der Waals surface area contributed by atoms with E-state index in [0.717, 1.165) is 0 Å². The largest absolute Gasteiger partial charge is 0.325 e. The van der Waals surface area contributed by atoms with Crippen LogP contribution in [0.1, 0.15) is 32.6 Å². The van der Waals surface area contributed by atoms with E-state index in [1.54, 1.807) is 0 Å². The Morgan fingerprint density at radius 1 is 1.50 bits per heavy atom. The van der Waals surface area contributed by atoms with Crippen LogP contribution in [0.15, 0.2) is 0 Å². The lowest BCUT2D eigenvalue weighted by atomic mass is 10.2. The predicted molar refractivity (Wildman–Crippen MR) is 38.3 cm³/mol. The Balaban J connectivity index is 0.000000490. The van der Waals surface area contributed by atoms with E-state index in [4.69, 9.17) is 5.73 Å². The molecule has 1 rings (SSSR count). The molecule has 8 heavy (non-hydrogen) atoms. The Morgan fingerprint density at radius 2 is 2.00 bits per heavy atom. The third-order valence-corrected chi connectivity index (χ3v) is 1.64. The highest BCUT2D eigenvalue weighted by atomic mass is 35.5. The van der Waals surface area contributed by atoms with Gasteiger partial charge in [-0.05, 0) is 19.3 Å². The summed E-state index contributed by atoms with van der Waals surface area (Å²) in [7, 11) is 0. The molecule has 0 aromatic carbocycles. The summed E-state index contributed by atoms with van der Waals surface area (Å²) in [6, 6.07) is 0. The van der Waals surface area contributed by atoms with E-state index in [0.29, 0.717) is 5.54 Å². The van der Waals surface area contributed by atoms with Crippen LogP contribution >= 0.6 is 12.4 Å². The third-order valence-electron chi connectivity index (χ3n) is 1.64. The van der Waals surface area contributed by atoms with E-state index in [-0.39, 0.29) is 12.4 Å². The third kappa shape index (κ3) is 2.01. The zero-order valence-corrected chi connectivity index (χ0v) is 6.13. The standard InChI is InChI=1S/C6H13N.ClH/c1-2-3-6(7)4-5-6;/h2-5,7H2,1H3;1H. The van der Waals surface area contributed by atoms with Crippen LogP contribution in [0, 0.1) is 0 Å². The maximum absolute atomic E-state index is 5.76. The van der Waals surface area contributed by atoms with Gasteiger partial charge in [0.15, 0.2) is 0 Å². The maximum atomic E-state index is 5.76. The smallest absolute Gasteiger partial charge is 0.0155 e. The van der Waals surface area contributed by atoms with Gasteiger partial charge in [0.05, 0.1) is 0 Å². The first-order valence-corrected chi connectivity index (χ1v) is 3.06. The Morgan fingerprint density at radius 3 is 2.12 bits per heavy atom. The first kappa shape index (κ1) is 8.25. The Labute approximate surface area is 57.1 Å². The van der Waals surface area contributed by atoms with Crippen LogP contribution < -0.4 is 5.73 Å². The Kier molecular flexibility index (Phi) is 2.78. The maximum Gasteiger partial charge on any atom is 0.0155 e. The van der Waals surface area contributed by atoms with E-state index >= 15 is 0 Å². The van der Waals surface area contributed by atoms with Crippen molar-refractivity contribution < 1.29 is 0 Å². The molecule has 0 aromatic rings. The van der Waals surface area contributed by atoms with Crippen molar-refractivity contribution in [2.24, 2.45) is 5.73 Å².